The van der Waals surface area contributed by atoms with E-state index in [1.54, 1.807) is 0 Å². The van der Waals surface area contributed by atoms with Crippen LogP contribution in [0.25, 0.3) is 0 Å². The molecule has 0 aromatic heterocycles. The van der Waals surface area contributed by atoms with Gasteiger partial charge < -0.3 is 22.6 Å². The Balaban J connectivity index is 1.78. The normalized spacial score (nSPS) is 14.5. The van der Waals surface area contributed by atoms with Crippen LogP contribution in [0.4, 0.5) is 0 Å². The van der Waals surface area contributed by atoms with Gasteiger partial charge in [0.25, 0.3) is 5.97 Å². The van der Waals surface area contributed by atoms with E-state index in [0.29, 0.717) is 5.66 Å². The van der Waals surface area contributed by atoms with Gasteiger partial charge in [0.2, 0.25) is 0 Å². The molecule has 0 saturated carbocycles. The molecule has 2 aromatic rings. The SMILES string of the molecule is CCCC(C[N+](CCC)(CCC)CCC)[P-]OC(=O)C1c2ccccc2Oc2ccccc21. The number of para-hydroxylation sites is 2. The Bertz CT molecular complexity index is 838. The predicted octanol–water partition coefficient (Wildman–Crippen LogP) is 7.54. The summed E-state index contributed by atoms with van der Waals surface area (Å²) in [5, 5.41) is 0. The van der Waals surface area contributed by atoms with E-state index in [1.807, 2.05) is 48.5 Å². The molecule has 0 radical (unpaired) electrons. The van der Waals surface area contributed by atoms with Crippen molar-refractivity contribution in [3.63, 3.8) is 0 Å². The van der Waals surface area contributed by atoms with E-state index < -0.39 is 5.92 Å². The average molecular weight is 470 g/mol. The van der Waals surface area contributed by atoms with Crippen molar-refractivity contribution in [3.8, 4) is 11.5 Å². The third-order valence-electron chi connectivity index (χ3n) is 6.52. The van der Waals surface area contributed by atoms with E-state index in [1.165, 1.54) is 38.9 Å². The largest absolute Gasteiger partial charge is 0.644 e. The number of rotatable bonds is 13. The van der Waals surface area contributed by atoms with Gasteiger partial charge in [0.1, 0.15) is 17.4 Å². The second-order valence-electron chi connectivity index (χ2n) is 9.26. The van der Waals surface area contributed by atoms with Crippen molar-refractivity contribution in [1.29, 1.82) is 0 Å². The quantitative estimate of drug-likeness (QED) is 0.224. The lowest BCUT2D eigenvalue weighted by Crippen LogP contribution is -2.53. The van der Waals surface area contributed by atoms with Crippen LogP contribution in [-0.2, 0) is 9.32 Å². The fourth-order valence-electron chi connectivity index (χ4n) is 5.33. The molecule has 3 rings (SSSR count). The maximum Gasteiger partial charge on any atom is 0.286 e. The topological polar surface area (TPSA) is 35.5 Å². The van der Waals surface area contributed by atoms with Crippen molar-refractivity contribution >= 4 is 14.8 Å². The van der Waals surface area contributed by atoms with Gasteiger partial charge in [-0.05, 0) is 31.4 Å². The number of benzene rings is 2. The lowest BCUT2D eigenvalue weighted by molar-refractivity contribution is -0.928. The molecule has 1 heterocycles. The minimum Gasteiger partial charge on any atom is -0.644 e. The number of quaternary nitrogens is 1. The second-order valence-corrected chi connectivity index (χ2v) is 10.4. The fourth-order valence-corrected chi connectivity index (χ4v) is 6.47. The van der Waals surface area contributed by atoms with E-state index in [-0.39, 0.29) is 5.97 Å². The first-order valence-electron chi connectivity index (χ1n) is 12.7. The van der Waals surface area contributed by atoms with Crippen LogP contribution in [-0.4, -0.2) is 42.3 Å². The van der Waals surface area contributed by atoms with Crippen molar-refractivity contribution in [3.05, 3.63) is 59.7 Å². The van der Waals surface area contributed by atoms with Crippen LogP contribution in [0, 0.1) is 0 Å². The highest BCUT2D eigenvalue weighted by molar-refractivity contribution is 7.33. The smallest absolute Gasteiger partial charge is 0.286 e. The van der Waals surface area contributed by atoms with Crippen LogP contribution in [0.5, 0.6) is 11.5 Å². The Morgan fingerprint density at radius 2 is 1.39 bits per heavy atom. The Morgan fingerprint density at radius 1 is 0.879 bits per heavy atom. The molecule has 0 amide bonds. The predicted molar refractivity (Wildman–Crippen MR) is 137 cm³/mol. The molecule has 5 heteroatoms. The number of hydrogen-bond acceptors (Lipinski definition) is 3. The highest BCUT2D eigenvalue weighted by atomic mass is 31.1. The first-order valence-corrected chi connectivity index (χ1v) is 13.6. The monoisotopic (exact) mass is 469 g/mol. The lowest BCUT2D eigenvalue weighted by Gasteiger charge is -2.44. The van der Waals surface area contributed by atoms with Crippen molar-refractivity contribution in [2.75, 3.05) is 26.2 Å². The van der Waals surface area contributed by atoms with Gasteiger partial charge >= 0.3 is 0 Å². The van der Waals surface area contributed by atoms with Gasteiger partial charge in [0.15, 0.2) is 0 Å². The molecule has 0 N–H and O–H groups in total. The molecule has 1 atom stereocenters. The lowest BCUT2D eigenvalue weighted by atomic mass is 9.88. The van der Waals surface area contributed by atoms with Gasteiger partial charge in [-0.25, -0.2) is 0 Å². The van der Waals surface area contributed by atoms with Crippen LogP contribution < -0.4 is 4.74 Å². The van der Waals surface area contributed by atoms with Gasteiger partial charge in [-0.3, -0.25) is 4.79 Å². The number of carbonyl (C=O) groups excluding carboxylic acids is 1. The molecular formula is C28H40NO3P. The van der Waals surface area contributed by atoms with Crippen molar-refractivity contribution in [2.24, 2.45) is 0 Å². The summed E-state index contributed by atoms with van der Waals surface area (Å²) in [5.74, 6) is 0.858. The average Bonchev–Trinajstić information content (AvgIpc) is 2.81. The summed E-state index contributed by atoms with van der Waals surface area (Å²) < 4.78 is 13.3. The maximum absolute atomic E-state index is 13.5. The molecule has 1 unspecified atom stereocenters. The Hall–Kier alpha value is -1.90. The van der Waals surface area contributed by atoms with E-state index in [9.17, 15) is 4.79 Å². The second kappa shape index (κ2) is 12.5. The van der Waals surface area contributed by atoms with E-state index in [4.69, 9.17) is 9.26 Å². The molecular weight excluding hydrogens is 429 g/mol. The number of ether oxygens (including phenoxy) is 1. The summed E-state index contributed by atoms with van der Waals surface area (Å²) in [6, 6.07) is 15.6. The van der Waals surface area contributed by atoms with Crippen LogP contribution >= 0.6 is 8.81 Å². The van der Waals surface area contributed by atoms with Crippen LogP contribution in [0.1, 0.15) is 76.8 Å². The summed E-state index contributed by atoms with van der Waals surface area (Å²) in [7, 11) is 0.793. The minimum absolute atomic E-state index is 0.180. The van der Waals surface area contributed by atoms with E-state index in [2.05, 4.69) is 27.7 Å². The highest BCUT2D eigenvalue weighted by Crippen LogP contribution is 2.45. The summed E-state index contributed by atoms with van der Waals surface area (Å²) in [6.07, 6.45) is 5.73. The molecule has 0 bridgehead atoms. The Morgan fingerprint density at radius 3 is 1.88 bits per heavy atom. The maximum atomic E-state index is 13.5. The van der Waals surface area contributed by atoms with E-state index in [0.717, 1.165) is 55.3 Å². The summed E-state index contributed by atoms with van der Waals surface area (Å²) in [6.45, 7) is 13.8. The van der Waals surface area contributed by atoms with Crippen LogP contribution in [0.2, 0.25) is 0 Å². The zero-order valence-corrected chi connectivity index (χ0v) is 21.7. The first kappa shape index (κ1) is 25.7. The number of fused-ring (bicyclic) bond motifs is 2. The van der Waals surface area contributed by atoms with Gasteiger partial charge in [-0.15, -0.1) is 0 Å². The molecule has 4 nitrogen and oxygen atoms in total. The Kier molecular flexibility index (Phi) is 9.77. The number of hydrogen-bond donors (Lipinski definition) is 0. The molecule has 33 heavy (non-hydrogen) atoms. The van der Waals surface area contributed by atoms with Gasteiger partial charge in [-0.2, -0.15) is 0 Å². The van der Waals surface area contributed by atoms with Crippen molar-refractivity contribution in [2.45, 2.75) is 71.4 Å². The summed E-state index contributed by atoms with van der Waals surface area (Å²) >= 11 is 0. The van der Waals surface area contributed by atoms with Crippen molar-refractivity contribution in [1.82, 2.24) is 0 Å². The zero-order chi connectivity index (χ0) is 23.7. The molecule has 0 spiro atoms. The van der Waals surface area contributed by atoms with Gasteiger partial charge in [0.05, 0.1) is 26.2 Å². The first-order chi connectivity index (χ1) is 16.1. The molecule has 0 saturated heterocycles. The van der Waals surface area contributed by atoms with Crippen molar-refractivity contribution < 1.29 is 18.5 Å². The molecule has 180 valence electrons. The highest BCUT2D eigenvalue weighted by Gasteiger charge is 2.33. The Labute approximate surface area is 202 Å². The van der Waals surface area contributed by atoms with Gasteiger partial charge in [-0.1, -0.05) is 82.6 Å². The molecule has 1 aliphatic heterocycles. The minimum atomic E-state index is -0.443. The molecule has 2 aromatic carbocycles. The molecule has 0 aliphatic carbocycles. The summed E-state index contributed by atoms with van der Waals surface area (Å²) in [4.78, 5) is 13.5. The third-order valence-corrected chi connectivity index (χ3v) is 7.53. The van der Waals surface area contributed by atoms with Gasteiger partial charge in [0, 0.05) is 11.1 Å². The fraction of sp³-hybridized carbons (Fsp3) is 0.536. The third kappa shape index (κ3) is 6.37. The molecule has 0 fully saturated rings. The van der Waals surface area contributed by atoms with Crippen LogP contribution in [0.3, 0.4) is 0 Å². The number of nitrogens with zero attached hydrogens (tertiary/aromatic N) is 1. The summed E-state index contributed by atoms with van der Waals surface area (Å²) in [5.41, 5.74) is 2.13. The number of carbonyl (C=O) groups is 1. The standard InChI is InChI=1S/C28H40NO3P/c1-5-13-22(21-29(18-6-2,19-7-3)20-8-4)33-32-28(30)27-23-14-9-11-16-25(23)31-26-17-12-10-15-24(26)27/h9-12,14-17,22,27H,5-8,13,18-21H2,1-4H3. The van der Waals surface area contributed by atoms with E-state index >= 15 is 0 Å². The zero-order valence-electron chi connectivity index (χ0n) is 20.8. The van der Waals surface area contributed by atoms with Crippen LogP contribution in [0.15, 0.2) is 48.5 Å². The molecule has 1 aliphatic rings.